The second kappa shape index (κ2) is 11.4. The Balaban J connectivity index is 0.00000274. The molecule has 2 aromatic carbocycles. The number of nitrogens with one attached hydrogen (secondary N) is 1. The molecule has 0 radical (unpaired) electrons. The number of aliphatic carboxylic acids is 1. The van der Waals surface area contributed by atoms with Crippen molar-refractivity contribution in [2.24, 2.45) is 17.8 Å². The molecule has 0 amide bonds. The third-order valence-corrected chi connectivity index (χ3v) is 7.98. The average molecular weight is 490 g/mol. The summed E-state index contributed by atoms with van der Waals surface area (Å²) in [6.07, 6.45) is 10.1. The summed E-state index contributed by atoms with van der Waals surface area (Å²) in [5.41, 5.74) is 1.60. The molecule has 174 valence electrons. The first kappa shape index (κ1) is 25.5. The van der Waals surface area contributed by atoms with Gasteiger partial charge in [-0.1, -0.05) is 30.4 Å². The van der Waals surface area contributed by atoms with Crippen LogP contribution in [0, 0.1) is 17.8 Å². The third kappa shape index (κ3) is 5.60. The van der Waals surface area contributed by atoms with Crippen molar-refractivity contribution < 1.29 is 52.3 Å². The number of benzene rings is 2. The van der Waals surface area contributed by atoms with Crippen molar-refractivity contribution in [2.45, 2.75) is 51.0 Å². The van der Waals surface area contributed by atoms with E-state index in [1.54, 1.807) is 6.07 Å². The monoisotopic (exact) mass is 489 g/mol. The number of allylic oxidation sites excluding steroid dienone is 2. The van der Waals surface area contributed by atoms with Crippen molar-refractivity contribution in [2.75, 3.05) is 0 Å². The predicted molar refractivity (Wildman–Crippen MR) is 126 cm³/mol. The molecule has 0 aliphatic heterocycles. The van der Waals surface area contributed by atoms with Gasteiger partial charge in [0, 0.05) is 22.8 Å². The Labute approximate surface area is 224 Å². The Bertz CT molecular complexity index is 1210. The Morgan fingerprint density at radius 3 is 2.76 bits per heavy atom. The van der Waals surface area contributed by atoms with Crippen molar-refractivity contribution in [3.63, 3.8) is 0 Å². The molecule has 5 atom stereocenters. The van der Waals surface area contributed by atoms with E-state index in [9.17, 15) is 14.1 Å². The van der Waals surface area contributed by atoms with Crippen LogP contribution < -0.4 is 43.6 Å². The number of carbonyl (C=O) groups excluding carboxylic acids is 1. The van der Waals surface area contributed by atoms with Gasteiger partial charge in [0.15, 0.2) is 0 Å². The smallest absolute Gasteiger partial charge is 0.550 e. The second-order valence-corrected chi connectivity index (χ2v) is 10.1. The molecular formula is C26H28NNaO5S. The van der Waals surface area contributed by atoms with Gasteiger partial charge in [0.25, 0.3) is 11.3 Å². The first-order valence-electron chi connectivity index (χ1n) is 11.7. The minimum atomic E-state index is -1.64. The van der Waals surface area contributed by atoms with E-state index >= 15 is 0 Å². The summed E-state index contributed by atoms with van der Waals surface area (Å²) in [5, 5.41) is 12.5. The standard InChI is InChI=1S/C26H29NO5S.Na/c28-25(29)10-4-2-1-3-7-20-17-11-12-18(15-17)26(20)27-33(30)32-19-13-14-24-22(16-19)21-8-5-6-9-23(21)31-24;/h1,3,5-6,8-9,13-14,16-18,20,26-27H,2,4,7,10-12,15H2,(H,28,29);/q;+1/p-1/b3-1+;. The van der Waals surface area contributed by atoms with Gasteiger partial charge in [-0.2, -0.15) is 4.21 Å². The molecule has 5 unspecified atom stereocenters. The molecule has 0 saturated heterocycles. The molecule has 3 aromatic rings. The van der Waals surface area contributed by atoms with Gasteiger partial charge >= 0.3 is 29.6 Å². The molecule has 6 nitrogen and oxygen atoms in total. The Hall–Kier alpha value is -1.64. The van der Waals surface area contributed by atoms with Crippen molar-refractivity contribution >= 4 is 39.2 Å². The number of hydrogen-bond donors (Lipinski definition) is 1. The molecule has 1 N–H and O–H groups in total. The van der Waals surface area contributed by atoms with Gasteiger partial charge in [-0.3, -0.25) is 0 Å². The number of para-hydroxylation sites is 1. The summed E-state index contributed by atoms with van der Waals surface area (Å²) >= 11 is -1.64. The topological polar surface area (TPSA) is 91.6 Å². The summed E-state index contributed by atoms with van der Waals surface area (Å²) in [4.78, 5) is 10.5. The molecule has 2 saturated carbocycles. The molecule has 1 aromatic heterocycles. The zero-order valence-corrected chi connectivity index (χ0v) is 22.2. The minimum Gasteiger partial charge on any atom is -0.550 e. The van der Waals surface area contributed by atoms with E-state index in [0.717, 1.165) is 34.8 Å². The molecule has 8 heteroatoms. The Morgan fingerprint density at radius 2 is 1.91 bits per heavy atom. The number of carbonyl (C=O) groups is 1. The maximum atomic E-state index is 12.9. The van der Waals surface area contributed by atoms with Crippen LogP contribution in [-0.2, 0) is 16.1 Å². The summed E-state index contributed by atoms with van der Waals surface area (Å²) in [5.74, 6) is 1.15. The van der Waals surface area contributed by atoms with Crippen molar-refractivity contribution in [3.05, 3.63) is 54.6 Å². The first-order valence-corrected chi connectivity index (χ1v) is 12.8. The van der Waals surface area contributed by atoms with Crippen LogP contribution >= 0.6 is 0 Å². The van der Waals surface area contributed by atoms with E-state index in [-0.39, 0.29) is 42.0 Å². The van der Waals surface area contributed by atoms with Crippen LogP contribution in [0.4, 0.5) is 0 Å². The SMILES string of the molecule is O=C([O-])CCC/C=C/CC1C2CCC(C2)C1NS(=O)Oc1ccc2oc3ccccc3c2c1.[Na+]. The maximum Gasteiger partial charge on any atom is 1.00 e. The quantitative estimate of drug-likeness (QED) is 0.264. The van der Waals surface area contributed by atoms with E-state index in [1.807, 2.05) is 36.4 Å². The maximum absolute atomic E-state index is 12.9. The van der Waals surface area contributed by atoms with Gasteiger partial charge in [0.05, 0.1) is 0 Å². The van der Waals surface area contributed by atoms with Crippen LogP contribution in [0.15, 0.2) is 59.0 Å². The molecule has 5 rings (SSSR count). The molecule has 0 spiro atoms. The number of unbranched alkanes of at least 4 members (excludes halogenated alkanes) is 1. The van der Waals surface area contributed by atoms with Crippen LogP contribution in [0.3, 0.4) is 0 Å². The molecule has 2 bridgehead atoms. The largest absolute Gasteiger partial charge is 1.00 e. The Kier molecular flexibility index (Phi) is 8.53. The molecular weight excluding hydrogens is 461 g/mol. The Morgan fingerprint density at radius 1 is 1.12 bits per heavy atom. The zero-order chi connectivity index (χ0) is 22.8. The number of fused-ring (bicyclic) bond motifs is 5. The minimum absolute atomic E-state index is 0. The van der Waals surface area contributed by atoms with E-state index in [1.165, 1.54) is 19.3 Å². The van der Waals surface area contributed by atoms with Crippen LogP contribution in [0.5, 0.6) is 5.75 Å². The van der Waals surface area contributed by atoms with Gasteiger partial charge in [-0.25, -0.2) is 4.72 Å². The first-order chi connectivity index (χ1) is 16.1. The van der Waals surface area contributed by atoms with Gasteiger partial charge in [0.1, 0.15) is 16.9 Å². The summed E-state index contributed by atoms with van der Waals surface area (Å²) < 4.78 is 27.8. The van der Waals surface area contributed by atoms with Gasteiger partial charge in [-0.15, -0.1) is 0 Å². The van der Waals surface area contributed by atoms with E-state index in [0.29, 0.717) is 29.9 Å². The number of hydrogen-bond acceptors (Lipinski definition) is 5. The summed E-state index contributed by atoms with van der Waals surface area (Å²) in [7, 11) is 0. The molecule has 2 fully saturated rings. The van der Waals surface area contributed by atoms with Gasteiger partial charge in [0.2, 0.25) is 0 Å². The van der Waals surface area contributed by atoms with Crippen LogP contribution in [0.25, 0.3) is 21.9 Å². The zero-order valence-electron chi connectivity index (χ0n) is 19.4. The van der Waals surface area contributed by atoms with E-state index < -0.39 is 17.2 Å². The van der Waals surface area contributed by atoms with E-state index in [2.05, 4.69) is 16.9 Å². The van der Waals surface area contributed by atoms with Crippen LogP contribution in [-0.4, -0.2) is 16.2 Å². The van der Waals surface area contributed by atoms with Gasteiger partial charge in [-0.05, 0) is 87.0 Å². The van der Waals surface area contributed by atoms with Crippen molar-refractivity contribution in [1.82, 2.24) is 4.72 Å². The molecule has 1 heterocycles. The van der Waals surface area contributed by atoms with Crippen LogP contribution in [0.1, 0.15) is 44.9 Å². The molecule has 34 heavy (non-hydrogen) atoms. The molecule has 2 aliphatic rings. The van der Waals surface area contributed by atoms with Crippen molar-refractivity contribution in [3.8, 4) is 5.75 Å². The fourth-order valence-electron chi connectivity index (χ4n) is 5.65. The predicted octanol–water partition coefficient (Wildman–Crippen LogP) is 1.42. The normalized spacial score (nSPS) is 24.6. The third-order valence-electron chi connectivity index (χ3n) is 7.17. The fourth-order valence-corrected chi connectivity index (χ4v) is 6.56. The number of carboxylic acids is 1. The fraction of sp³-hybridized carbons (Fsp3) is 0.423. The van der Waals surface area contributed by atoms with E-state index in [4.69, 9.17) is 8.60 Å². The molecule has 2 aliphatic carbocycles. The number of carboxylic acid groups (broad SMARTS) is 1. The van der Waals surface area contributed by atoms with Crippen molar-refractivity contribution in [1.29, 1.82) is 0 Å². The average Bonchev–Trinajstić information content (AvgIpc) is 3.49. The van der Waals surface area contributed by atoms with Gasteiger partial charge < -0.3 is 18.5 Å². The second-order valence-electron chi connectivity index (χ2n) is 9.19. The summed E-state index contributed by atoms with van der Waals surface area (Å²) in [6.45, 7) is 0. The number of rotatable bonds is 10. The van der Waals surface area contributed by atoms with Crippen LogP contribution in [0.2, 0.25) is 0 Å². The summed E-state index contributed by atoms with van der Waals surface area (Å²) in [6, 6.07) is 13.5. The number of furan rings is 1.